The zero-order valence-corrected chi connectivity index (χ0v) is 12.9. The average Bonchev–Trinajstić information content (AvgIpc) is 3.33. The van der Waals surface area contributed by atoms with Gasteiger partial charge in [0.15, 0.2) is 0 Å². The predicted octanol–water partition coefficient (Wildman–Crippen LogP) is 2.60. The highest BCUT2D eigenvalue weighted by Gasteiger charge is 2.26. The summed E-state index contributed by atoms with van der Waals surface area (Å²) in [7, 11) is 0. The van der Waals surface area contributed by atoms with Crippen molar-refractivity contribution in [1.82, 2.24) is 24.6 Å². The molecule has 6 heteroatoms. The van der Waals surface area contributed by atoms with E-state index in [4.69, 9.17) is 4.42 Å². The van der Waals surface area contributed by atoms with Gasteiger partial charge in [-0.3, -0.25) is 9.58 Å². The zero-order valence-electron chi connectivity index (χ0n) is 12.9. The Morgan fingerprint density at radius 1 is 1.22 bits per heavy atom. The van der Waals surface area contributed by atoms with Gasteiger partial charge in [0.1, 0.15) is 18.9 Å². The number of benzene rings is 1. The van der Waals surface area contributed by atoms with E-state index in [-0.39, 0.29) is 0 Å². The Hall–Kier alpha value is -2.47. The minimum atomic E-state index is 0.480. The van der Waals surface area contributed by atoms with Crippen LogP contribution in [0.5, 0.6) is 0 Å². The van der Waals surface area contributed by atoms with Gasteiger partial charge in [0, 0.05) is 18.2 Å². The monoisotopic (exact) mass is 309 g/mol. The molecule has 1 aliphatic rings. The largest absolute Gasteiger partial charge is 0.444 e. The lowest BCUT2D eigenvalue weighted by Crippen LogP contribution is -2.32. The van der Waals surface area contributed by atoms with Gasteiger partial charge in [0.25, 0.3) is 0 Å². The van der Waals surface area contributed by atoms with Crippen LogP contribution in [-0.4, -0.2) is 37.2 Å². The summed E-state index contributed by atoms with van der Waals surface area (Å²) in [6, 6.07) is 10.5. The first-order valence-electron chi connectivity index (χ1n) is 7.95. The first kappa shape index (κ1) is 14.1. The van der Waals surface area contributed by atoms with Crippen LogP contribution in [-0.2, 0) is 13.1 Å². The van der Waals surface area contributed by atoms with Gasteiger partial charge in [0.05, 0.1) is 12.2 Å². The molecule has 3 heterocycles. The van der Waals surface area contributed by atoms with Crippen LogP contribution in [0.4, 0.5) is 0 Å². The van der Waals surface area contributed by atoms with Gasteiger partial charge in [-0.25, -0.2) is 9.97 Å². The van der Waals surface area contributed by atoms with Crippen molar-refractivity contribution in [2.45, 2.75) is 32.0 Å². The molecule has 0 radical (unpaired) electrons. The van der Waals surface area contributed by atoms with Crippen molar-refractivity contribution in [3.8, 4) is 11.5 Å². The van der Waals surface area contributed by atoms with E-state index in [9.17, 15) is 0 Å². The third-order valence-corrected chi connectivity index (χ3v) is 4.30. The minimum absolute atomic E-state index is 0.480. The Morgan fingerprint density at radius 2 is 2.13 bits per heavy atom. The van der Waals surface area contributed by atoms with Crippen LogP contribution in [0.3, 0.4) is 0 Å². The summed E-state index contributed by atoms with van der Waals surface area (Å²) in [5.41, 5.74) is 1.99. The molecule has 0 saturated carbocycles. The molecule has 6 nitrogen and oxygen atoms in total. The van der Waals surface area contributed by atoms with Gasteiger partial charge in [-0.15, -0.1) is 0 Å². The van der Waals surface area contributed by atoms with Crippen molar-refractivity contribution >= 4 is 0 Å². The standard InChI is InChI=1S/C17H19N5O/c1-2-5-14(6-3-1)17-20-15(11-23-17)9-21-8-4-7-16(21)10-22-13-18-12-19-22/h1-3,5-6,11-13,16H,4,7-10H2/t16-/m1/s1. The van der Waals surface area contributed by atoms with Gasteiger partial charge in [0.2, 0.25) is 5.89 Å². The van der Waals surface area contributed by atoms with Crippen molar-refractivity contribution in [1.29, 1.82) is 0 Å². The van der Waals surface area contributed by atoms with Crippen LogP contribution < -0.4 is 0 Å². The van der Waals surface area contributed by atoms with E-state index in [2.05, 4.69) is 20.0 Å². The summed E-state index contributed by atoms with van der Waals surface area (Å²) in [5.74, 6) is 0.688. The van der Waals surface area contributed by atoms with Crippen molar-refractivity contribution in [3.63, 3.8) is 0 Å². The lowest BCUT2D eigenvalue weighted by atomic mass is 10.2. The Morgan fingerprint density at radius 3 is 2.96 bits per heavy atom. The maximum absolute atomic E-state index is 5.64. The molecule has 4 rings (SSSR count). The molecule has 2 aromatic heterocycles. The van der Waals surface area contributed by atoms with Crippen molar-refractivity contribution < 1.29 is 4.42 Å². The van der Waals surface area contributed by atoms with Crippen molar-refractivity contribution in [2.24, 2.45) is 0 Å². The molecule has 3 aromatic rings. The van der Waals surface area contributed by atoms with E-state index in [1.807, 2.05) is 35.0 Å². The fourth-order valence-electron chi connectivity index (χ4n) is 3.15. The summed E-state index contributed by atoms with van der Waals surface area (Å²) >= 11 is 0. The number of hydrogen-bond acceptors (Lipinski definition) is 5. The van der Waals surface area contributed by atoms with Crippen LogP contribution in [0.15, 0.2) is 53.7 Å². The Kier molecular flexibility index (Phi) is 3.90. The summed E-state index contributed by atoms with van der Waals surface area (Å²) in [6.45, 7) is 2.78. The molecule has 0 bridgehead atoms. The topological polar surface area (TPSA) is 60.0 Å². The first-order valence-corrected chi connectivity index (χ1v) is 7.95. The number of likely N-dealkylation sites (tertiary alicyclic amines) is 1. The third kappa shape index (κ3) is 3.17. The van der Waals surface area contributed by atoms with Crippen LogP contribution in [0.1, 0.15) is 18.5 Å². The van der Waals surface area contributed by atoms with Gasteiger partial charge in [-0.1, -0.05) is 18.2 Å². The summed E-state index contributed by atoms with van der Waals surface area (Å²) < 4.78 is 7.54. The third-order valence-electron chi connectivity index (χ3n) is 4.30. The fraction of sp³-hybridized carbons (Fsp3) is 0.353. The van der Waals surface area contributed by atoms with Crippen molar-refractivity contribution in [2.75, 3.05) is 6.54 Å². The van der Waals surface area contributed by atoms with Crippen LogP contribution in [0, 0.1) is 0 Å². The second-order valence-corrected chi connectivity index (χ2v) is 5.89. The fourth-order valence-corrected chi connectivity index (χ4v) is 3.15. The van der Waals surface area contributed by atoms with Crippen LogP contribution >= 0.6 is 0 Å². The van der Waals surface area contributed by atoms with E-state index < -0.39 is 0 Å². The maximum atomic E-state index is 5.64. The van der Waals surface area contributed by atoms with E-state index in [0.717, 1.165) is 30.9 Å². The molecule has 1 saturated heterocycles. The molecule has 0 unspecified atom stereocenters. The van der Waals surface area contributed by atoms with E-state index >= 15 is 0 Å². The second kappa shape index (κ2) is 6.34. The Labute approximate surface area is 134 Å². The van der Waals surface area contributed by atoms with Crippen molar-refractivity contribution in [3.05, 3.63) is 54.9 Å². The Bertz CT molecular complexity index is 737. The molecular weight excluding hydrogens is 290 g/mol. The van der Waals surface area contributed by atoms with E-state index in [1.54, 1.807) is 18.9 Å². The molecule has 0 N–H and O–H groups in total. The molecule has 0 spiro atoms. The number of nitrogens with zero attached hydrogens (tertiary/aromatic N) is 5. The number of aromatic nitrogens is 4. The van der Waals surface area contributed by atoms with E-state index in [1.165, 1.54) is 12.8 Å². The molecule has 0 aliphatic carbocycles. The molecule has 1 fully saturated rings. The molecule has 23 heavy (non-hydrogen) atoms. The van der Waals surface area contributed by atoms with Gasteiger partial charge >= 0.3 is 0 Å². The lowest BCUT2D eigenvalue weighted by Gasteiger charge is -2.23. The maximum Gasteiger partial charge on any atom is 0.226 e. The Balaban J connectivity index is 1.44. The highest BCUT2D eigenvalue weighted by molar-refractivity contribution is 5.52. The summed E-state index contributed by atoms with van der Waals surface area (Å²) in [6.07, 6.45) is 7.53. The van der Waals surface area contributed by atoms with Crippen LogP contribution in [0.2, 0.25) is 0 Å². The zero-order chi connectivity index (χ0) is 15.5. The number of rotatable bonds is 5. The van der Waals surface area contributed by atoms with E-state index in [0.29, 0.717) is 11.9 Å². The van der Waals surface area contributed by atoms with Gasteiger partial charge in [-0.05, 0) is 31.5 Å². The minimum Gasteiger partial charge on any atom is -0.444 e. The van der Waals surface area contributed by atoms with Gasteiger partial charge in [-0.2, -0.15) is 5.10 Å². The highest BCUT2D eigenvalue weighted by Crippen LogP contribution is 2.23. The smallest absolute Gasteiger partial charge is 0.226 e. The number of oxazole rings is 1. The molecule has 0 amide bonds. The SMILES string of the molecule is c1ccc(-c2nc(CN3CCC[C@@H]3Cn3cncn3)co2)cc1. The normalized spacial score (nSPS) is 18.5. The molecule has 1 aliphatic heterocycles. The quantitative estimate of drug-likeness (QED) is 0.725. The molecular formula is C17H19N5O. The van der Waals surface area contributed by atoms with Crippen LogP contribution in [0.25, 0.3) is 11.5 Å². The average molecular weight is 309 g/mol. The first-order chi connectivity index (χ1) is 11.4. The highest BCUT2D eigenvalue weighted by atomic mass is 16.3. The molecule has 118 valence electrons. The summed E-state index contributed by atoms with van der Waals surface area (Å²) in [5, 5.41) is 4.21. The molecule has 1 aromatic carbocycles. The predicted molar refractivity (Wildman–Crippen MR) is 85.4 cm³/mol. The molecule has 1 atom stereocenters. The number of hydrogen-bond donors (Lipinski definition) is 0. The summed E-state index contributed by atoms with van der Waals surface area (Å²) in [4.78, 5) is 11.1. The van der Waals surface area contributed by atoms with Gasteiger partial charge < -0.3 is 4.42 Å². The lowest BCUT2D eigenvalue weighted by molar-refractivity contribution is 0.216. The second-order valence-electron chi connectivity index (χ2n) is 5.89.